The summed E-state index contributed by atoms with van der Waals surface area (Å²) in [4.78, 5) is 25.3. The fourth-order valence-corrected chi connectivity index (χ4v) is 3.85. The highest BCUT2D eigenvalue weighted by Gasteiger charge is 2.21. The first-order chi connectivity index (χ1) is 14.7. The van der Waals surface area contributed by atoms with Crippen LogP contribution in [0.15, 0.2) is 36.8 Å². The predicted octanol–water partition coefficient (Wildman–Crippen LogP) is 2.09. The van der Waals surface area contributed by atoms with Gasteiger partial charge >= 0.3 is 0 Å². The smallest absolute Gasteiger partial charge is 0.277 e. The number of benzene rings is 1. The van der Waals surface area contributed by atoms with Crippen LogP contribution in [-0.4, -0.2) is 52.8 Å². The molecule has 1 aliphatic rings. The Hall–Kier alpha value is -3.17. The highest BCUT2D eigenvalue weighted by atomic mass is 16.5. The minimum absolute atomic E-state index is 0.232. The Bertz CT molecular complexity index is 996. The van der Waals surface area contributed by atoms with E-state index < -0.39 is 5.91 Å². The van der Waals surface area contributed by atoms with E-state index in [4.69, 9.17) is 9.94 Å². The maximum atomic E-state index is 11.4. The highest BCUT2D eigenvalue weighted by molar-refractivity contribution is 5.92. The summed E-state index contributed by atoms with van der Waals surface area (Å²) in [6.45, 7) is 3.52. The molecule has 30 heavy (non-hydrogen) atoms. The van der Waals surface area contributed by atoms with E-state index in [2.05, 4.69) is 37.4 Å². The number of aromatic nitrogens is 3. The van der Waals surface area contributed by atoms with E-state index in [1.165, 1.54) is 23.3 Å². The molecule has 1 aliphatic heterocycles. The van der Waals surface area contributed by atoms with E-state index in [9.17, 15) is 4.79 Å². The van der Waals surface area contributed by atoms with Crippen molar-refractivity contribution in [3.8, 4) is 5.75 Å². The van der Waals surface area contributed by atoms with Gasteiger partial charge in [0.15, 0.2) is 0 Å². The Morgan fingerprint density at radius 3 is 2.77 bits per heavy atom. The molecular weight excluding hydrogens is 384 g/mol. The molecule has 0 saturated carbocycles. The average molecular weight is 410 g/mol. The molecule has 0 unspecified atom stereocenters. The van der Waals surface area contributed by atoms with E-state index in [0.29, 0.717) is 11.9 Å². The fraction of sp³-hybridized carbons (Fsp3) is 0.381. The van der Waals surface area contributed by atoms with Gasteiger partial charge in [-0.1, -0.05) is 0 Å². The Kier molecular flexibility index (Phi) is 6.10. The highest BCUT2D eigenvalue weighted by Crippen LogP contribution is 2.24. The largest absolute Gasteiger partial charge is 0.497 e. The zero-order chi connectivity index (χ0) is 20.9. The molecule has 0 radical (unpaired) electrons. The van der Waals surface area contributed by atoms with E-state index in [-0.39, 0.29) is 5.56 Å². The van der Waals surface area contributed by atoms with E-state index in [1.807, 2.05) is 12.1 Å². The number of nitrogens with zero attached hydrogens (tertiary/aromatic N) is 3. The number of amides is 1. The second-order valence-electron chi connectivity index (χ2n) is 7.50. The van der Waals surface area contributed by atoms with Crippen molar-refractivity contribution in [3.63, 3.8) is 0 Å². The third-order valence-corrected chi connectivity index (χ3v) is 5.62. The first-order valence-electron chi connectivity index (χ1n) is 10.0. The third-order valence-electron chi connectivity index (χ3n) is 5.62. The molecule has 9 nitrogen and oxygen atoms in total. The molecule has 4 N–H and O–H groups in total. The fourth-order valence-electron chi connectivity index (χ4n) is 3.85. The number of rotatable bonds is 7. The van der Waals surface area contributed by atoms with Crippen LogP contribution in [0.1, 0.15) is 28.8 Å². The molecule has 158 valence electrons. The number of anilines is 1. The molecular formula is C21H26N6O3. The quantitative estimate of drug-likeness (QED) is 0.348. The maximum Gasteiger partial charge on any atom is 0.277 e. The summed E-state index contributed by atoms with van der Waals surface area (Å²) in [7, 11) is 1.68. The molecule has 2 aromatic heterocycles. The number of H-pyrrole nitrogens is 1. The summed E-state index contributed by atoms with van der Waals surface area (Å²) in [5.74, 6) is 1.46. The van der Waals surface area contributed by atoms with Gasteiger partial charge in [-0.2, -0.15) is 0 Å². The lowest BCUT2D eigenvalue weighted by Crippen LogP contribution is -2.38. The summed E-state index contributed by atoms with van der Waals surface area (Å²) in [6, 6.07) is 6.07. The lowest BCUT2D eigenvalue weighted by atomic mass is 9.97. The van der Waals surface area contributed by atoms with Crippen molar-refractivity contribution in [2.24, 2.45) is 5.92 Å². The van der Waals surface area contributed by atoms with Gasteiger partial charge in [0.05, 0.1) is 12.7 Å². The van der Waals surface area contributed by atoms with Gasteiger partial charge in [0.2, 0.25) is 5.95 Å². The van der Waals surface area contributed by atoms with Crippen molar-refractivity contribution < 1.29 is 14.7 Å². The zero-order valence-electron chi connectivity index (χ0n) is 16.9. The summed E-state index contributed by atoms with van der Waals surface area (Å²) in [5, 5.41) is 13.4. The van der Waals surface area contributed by atoms with Crippen molar-refractivity contribution >= 4 is 22.8 Å². The lowest BCUT2D eigenvalue weighted by molar-refractivity contribution is 0.0705. The molecule has 0 bridgehead atoms. The van der Waals surface area contributed by atoms with Crippen molar-refractivity contribution in [3.05, 3.63) is 47.9 Å². The van der Waals surface area contributed by atoms with Crippen molar-refractivity contribution in [1.82, 2.24) is 25.7 Å². The Morgan fingerprint density at radius 1 is 1.30 bits per heavy atom. The number of carbonyl (C=O) groups excluding carboxylic acids is 1. The van der Waals surface area contributed by atoms with E-state index >= 15 is 0 Å². The number of methoxy groups -OCH3 is 1. The second-order valence-corrected chi connectivity index (χ2v) is 7.50. The molecule has 4 rings (SSSR count). The van der Waals surface area contributed by atoms with Gasteiger partial charge in [0, 0.05) is 49.1 Å². The number of hydrogen-bond acceptors (Lipinski definition) is 7. The predicted molar refractivity (Wildman–Crippen MR) is 113 cm³/mol. The summed E-state index contributed by atoms with van der Waals surface area (Å²) in [6.07, 6.45) is 7.01. The number of aromatic amines is 1. The van der Waals surface area contributed by atoms with Gasteiger partial charge in [-0.05, 0) is 49.1 Å². The Labute approximate surface area is 174 Å². The van der Waals surface area contributed by atoms with Crippen LogP contribution < -0.4 is 20.4 Å². The SMILES string of the molecule is COc1ccc2[nH]cc(CNCC3CCN(c4ncc(C(=O)NO)cn4)CC3)c2c1. The second kappa shape index (κ2) is 9.10. The van der Waals surface area contributed by atoms with E-state index in [0.717, 1.165) is 50.3 Å². The van der Waals surface area contributed by atoms with Crippen LogP contribution in [0.5, 0.6) is 5.75 Å². The first-order valence-corrected chi connectivity index (χ1v) is 10.0. The molecule has 0 spiro atoms. The number of hydrogen-bond donors (Lipinski definition) is 4. The molecule has 3 aromatic rings. The van der Waals surface area contributed by atoms with Crippen molar-refractivity contribution in [2.45, 2.75) is 19.4 Å². The van der Waals surface area contributed by atoms with Gasteiger partial charge in [0.25, 0.3) is 5.91 Å². The summed E-state index contributed by atoms with van der Waals surface area (Å²) in [5.41, 5.74) is 4.17. The molecule has 0 aliphatic carbocycles. The molecule has 1 saturated heterocycles. The lowest BCUT2D eigenvalue weighted by Gasteiger charge is -2.32. The number of fused-ring (bicyclic) bond motifs is 1. The molecule has 1 amide bonds. The Morgan fingerprint density at radius 2 is 2.07 bits per heavy atom. The number of ether oxygens (including phenoxy) is 1. The van der Waals surface area contributed by atoms with Crippen LogP contribution in [0.3, 0.4) is 0 Å². The van der Waals surface area contributed by atoms with Gasteiger partial charge in [-0.25, -0.2) is 15.4 Å². The molecule has 1 aromatic carbocycles. The summed E-state index contributed by atoms with van der Waals surface area (Å²) < 4.78 is 5.34. The number of carbonyl (C=O) groups is 1. The van der Waals surface area contributed by atoms with Gasteiger partial charge in [-0.3, -0.25) is 10.0 Å². The third kappa shape index (κ3) is 4.37. The number of hydroxylamine groups is 1. The van der Waals surface area contributed by atoms with Gasteiger partial charge in [0.1, 0.15) is 5.75 Å². The first kappa shape index (κ1) is 20.1. The zero-order valence-corrected chi connectivity index (χ0v) is 16.9. The molecule has 9 heteroatoms. The van der Waals surface area contributed by atoms with Gasteiger partial charge in [-0.15, -0.1) is 0 Å². The minimum Gasteiger partial charge on any atom is -0.497 e. The van der Waals surface area contributed by atoms with Crippen LogP contribution in [0, 0.1) is 5.92 Å². The molecule has 3 heterocycles. The van der Waals surface area contributed by atoms with Crippen LogP contribution >= 0.6 is 0 Å². The van der Waals surface area contributed by atoms with Crippen LogP contribution in [0.2, 0.25) is 0 Å². The standard InChI is InChI=1S/C21H26N6O3/c1-30-17-2-3-19-18(8-17)15(11-23-19)10-22-9-14-4-6-27(7-5-14)21-24-12-16(13-25-21)20(28)26-29/h2-3,8,11-14,22-23,29H,4-7,9-10H2,1H3,(H,26,28). The molecule has 1 fully saturated rings. The van der Waals surface area contributed by atoms with Crippen molar-refractivity contribution in [1.29, 1.82) is 0 Å². The maximum absolute atomic E-state index is 11.4. The Balaban J connectivity index is 1.26. The van der Waals surface area contributed by atoms with Crippen molar-refractivity contribution in [2.75, 3.05) is 31.6 Å². The van der Waals surface area contributed by atoms with Crippen LogP contribution in [-0.2, 0) is 6.54 Å². The molecule has 0 atom stereocenters. The topological polar surface area (TPSA) is 115 Å². The van der Waals surface area contributed by atoms with Crippen LogP contribution in [0.4, 0.5) is 5.95 Å². The van der Waals surface area contributed by atoms with Gasteiger partial charge < -0.3 is 19.9 Å². The average Bonchev–Trinajstić information content (AvgIpc) is 3.21. The van der Waals surface area contributed by atoms with Crippen LogP contribution in [0.25, 0.3) is 10.9 Å². The minimum atomic E-state index is -0.611. The monoisotopic (exact) mass is 410 g/mol. The number of piperidine rings is 1. The van der Waals surface area contributed by atoms with E-state index in [1.54, 1.807) is 12.6 Å². The summed E-state index contributed by atoms with van der Waals surface area (Å²) >= 11 is 0. The normalized spacial score (nSPS) is 14.8. The number of nitrogens with one attached hydrogen (secondary N) is 3.